The molecule has 0 saturated heterocycles. The monoisotopic (exact) mass is 610 g/mol. The standard InChI is InChI=1S/C31H34N2O9S/c1-9-40-30(36)26-17(4)32-31-33(27(26)20-10-11-21(41-16(2)3)22(15-20)37-6)29(35)25(43-31)14-19-12-23(38-7)28(42-18(5)34)24(13-19)39-8/h10-16,27H,9H2,1-8H3/b25-14+/t27-/m0/s1. The summed E-state index contributed by atoms with van der Waals surface area (Å²) in [7, 11) is 4.40. The molecular formula is C31H34N2O9S. The average molecular weight is 611 g/mol. The molecule has 0 unspecified atom stereocenters. The predicted octanol–water partition coefficient (Wildman–Crippen LogP) is 3.54. The van der Waals surface area contributed by atoms with E-state index in [1.807, 2.05) is 13.8 Å². The molecule has 12 heteroatoms. The van der Waals surface area contributed by atoms with Crippen molar-refractivity contribution in [1.82, 2.24) is 4.57 Å². The minimum atomic E-state index is -0.838. The van der Waals surface area contributed by atoms with E-state index in [2.05, 4.69) is 4.99 Å². The lowest BCUT2D eigenvalue weighted by atomic mass is 9.95. The number of nitrogens with zero attached hydrogens (tertiary/aromatic N) is 2. The summed E-state index contributed by atoms with van der Waals surface area (Å²) in [6, 6.07) is 7.72. The molecule has 4 rings (SSSR count). The Morgan fingerprint density at radius 1 is 1.02 bits per heavy atom. The number of allylic oxidation sites excluding steroid dienone is 1. The normalized spacial score (nSPS) is 14.6. The summed E-state index contributed by atoms with van der Waals surface area (Å²) in [5.41, 5.74) is 1.49. The number of carbonyl (C=O) groups excluding carboxylic acids is 2. The maximum atomic E-state index is 14.0. The number of benzene rings is 2. The van der Waals surface area contributed by atoms with Crippen molar-refractivity contribution in [3.05, 3.63) is 72.4 Å². The Bertz CT molecular complexity index is 1740. The topological polar surface area (TPSA) is 124 Å². The fourth-order valence-corrected chi connectivity index (χ4v) is 5.74. The van der Waals surface area contributed by atoms with E-state index in [0.717, 1.165) is 0 Å². The molecule has 0 bridgehead atoms. The first kappa shape index (κ1) is 31.4. The third kappa shape index (κ3) is 6.43. The molecule has 0 N–H and O–H groups in total. The fourth-order valence-electron chi connectivity index (χ4n) is 4.69. The van der Waals surface area contributed by atoms with Gasteiger partial charge < -0.3 is 28.4 Å². The number of aromatic nitrogens is 1. The van der Waals surface area contributed by atoms with Gasteiger partial charge in [-0.05, 0) is 69.2 Å². The highest BCUT2D eigenvalue weighted by Gasteiger charge is 2.34. The summed E-state index contributed by atoms with van der Waals surface area (Å²) in [5.74, 6) is 0.520. The van der Waals surface area contributed by atoms with Gasteiger partial charge in [0.2, 0.25) is 5.75 Å². The molecular weight excluding hydrogens is 576 g/mol. The van der Waals surface area contributed by atoms with Crippen molar-refractivity contribution in [2.24, 2.45) is 4.99 Å². The third-order valence-electron chi connectivity index (χ3n) is 6.41. The van der Waals surface area contributed by atoms with Crippen LogP contribution in [0.3, 0.4) is 0 Å². The quantitative estimate of drug-likeness (QED) is 0.251. The molecule has 1 aliphatic rings. The van der Waals surface area contributed by atoms with Gasteiger partial charge in [-0.2, -0.15) is 0 Å². The van der Waals surface area contributed by atoms with Crippen molar-refractivity contribution < 1.29 is 38.0 Å². The van der Waals surface area contributed by atoms with Gasteiger partial charge in [-0.15, -0.1) is 0 Å². The van der Waals surface area contributed by atoms with Crippen LogP contribution in [-0.2, 0) is 14.3 Å². The van der Waals surface area contributed by atoms with Gasteiger partial charge in [-0.3, -0.25) is 14.2 Å². The largest absolute Gasteiger partial charge is 0.493 e. The fraction of sp³-hybridized carbons (Fsp3) is 0.355. The predicted molar refractivity (Wildman–Crippen MR) is 160 cm³/mol. The Morgan fingerprint density at radius 3 is 2.23 bits per heavy atom. The molecule has 1 aromatic heterocycles. The lowest BCUT2D eigenvalue weighted by molar-refractivity contribution is -0.139. The highest BCUT2D eigenvalue weighted by Crippen LogP contribution is 2.39. The van der Waals surface area contributed by atoms with Crippen LogP contribution in [0.1, 0.15) is 51.8 Å². The molecule has 3 aromatic rings. The zero-order valence-corrected chi connectivity index (χ0v) is 26.1. The van der Waals surface area contributed by atoms with Crippen LogP contribution in [0, 0.1) is 0 Å². The van der Waals surface area contributed by atoms with Gasteiger partial charge in [0.25, 0.3) is 5.56 Å². The summed E-state index contributed by atoms with van der Waals surface area (Å²) in [6.07, 6.45) is 1.57. The molecule has 228 valence electrons. The number of ether oxygens (including phenoxy) is 6. The van der Waals surface area contributed by atoms with E-state index in [0.29, 0.717) is 37.7 Å². The Balaban J connectivity index is 1.94. The number of fused-ring (bicyclic) bond motifs is 1. The minimum Gasteiger partial charge on any atom is -0.493 e. The number of esters is 2. The highest BCUT2D eigenvalue weighted by atomic mass is 32.1. The molecule has 1 atom stereocenters. The van der Waals surface area contributed by atoms with Crippen molar-refractivity contribution in [2.45, 2.75) is 46.8 Å². The van der Waals surface area contributed by atoms with Crippen LogP contribution in [0.2, 0.25) is 0 Å². The van der Waals surface area contributed by atoms with Gasteiger partial charge in [0.1, 0.15) is 0 Å². The van der Waals surface area contributed by atoms with Gasteiger partial charge in [0.05, 0.1) is 55.9 Å². The van der Waals surface area contributed by atoms with E-state index in [1.54, 1.807) is 50.3 Å². The van der Waals surface area contributed by atoms with Crippen molar-refractivity contribution in [3.8, 4) is 28.7 Å². The Morgan fingerprint density at radius 2 is 1.67 bits per heavy atom. The molecule has 2 heterocycles. The van der Waals surface area contributed by atoms with Crippen molar-refractivity contribution >= 4 is 29.4 Å². The van der Waals surface area contributed by atoms with E-state index in [-0.39, 0.29) is 41.1 Å². The zero-order valence-electron chi connectivity index (χ0n) is 25.3. The number of hydrogen-bond donors (Lipinski definition) is 0. The number of carbonyl (C=O) groups is 2. The van der Waals surface area contributed by atoms with Gasteiger partial charge in [-0.1, -0.05) is 17.4 Å². The molecule has 0 fully saturated rings. The molecule has 1 aliphatic heterocycles. The lowest BCUT2D eigenvalue weighted by Crippen LogP contribution is -2.40. The van der Waals surface area contributed by atoms with Crippen molar-refractivity contribution in [3.63, 3.8) is 0 Å². The smallest absolute Gasteiger partial charge is 0.338 e. The first-order valence-electron chi connectivity index (χ1n) is 13.5. The van der Waals surface area contributed by atoms with Crippen LogP contribution in [0.4, 0.5) is 0 Å². The summed E-state index contributed by atoms with van der Waals surface area (Å²) < 4.78 is 34.8. The van der Waals surface area contributed by atoms with Crippen LogP contribution < -0.4 is 38.6 Å². The van der Waals surface area contributed by atoms with E-state index < -0.39 is 18.0 Å². The van der Waals surface area contributed by atoms with E-state index >= 15 is 0 Å². The maximum absolute atomic E-state index is 14.0. The Labute approximate surface area is 252 Å². The number of rotatable bonds is 10. The van der Waals surface area contributed by atoms with Crippen LogP contribution in [0.5, 0.6) is 28.7 Å². The van der Waals surface area contributed by atoms with Crippen LogP contribution >= 0.6 is 11.3 Å². The van der Waals surface area contributed by atoms with Crippen LogP contribution in [0.15, 0.2) is 51.4 Å². The number of hydrogen-bond acceptors (Lipinski definition) is 11. The molecule has 0 radical (unpaired) electrons. The summed E-state index contributed by atoms with van der Waals surface area (Å²) in [5, 5.41) is 0. The Kier molecular flexibility index (Phi) is 9.59. The summed E-state index contributed by atoms with van der Waals surface area (Å²) in [4.78, 5) is 43.9. The number of methoxy groups -OCH3 is 3. The average Bonchev–Trinajstić information content (AvgIpc) is 3.26. The maximum Gasteiger partial charge on any atom is 0.338 e. The van der Waals surface area contributed by atoms with Crippen LogP contribution in [0.25, 0.3) is 6.08 Å². The molecule has 0 aliphatic carbocycles. The number of thiazole rings is 1. The van der Waals surface area contributed by atoms with Crippen LogP contribution in [-0.4, -0.2) is 50.5 Å². The first-order chi connectivity index (χ1) is 20.5. The van der Waals surface area contributed by atoms with Gasteiger partial charge in [0, 0.05) is 6.92 Å². The zero-order chi connectivity index (χ0) is 31.4. The van der Waals surface area contributed by atoms with Crippen molar-refractivity contribution in [1.29, 1.82) is 0 Å². The van der Waals surface area contributed by atoms with E-state index in [4.69, 9.17) is 28.4 Å². The van der Waals surface area contributed by atoms with E-state index in [9.17, 15) is 14.4 Å². The van der Waals surface area contributed by atoms with Gasteiger partial charge in [-0.25, -0.2) is 9.79 Å². The third-order valence-corrected chi connectivity index (χ3v) is 7.39. The minimum absolute atomic E-state index is 0.0880. The van der Waals surface area contributed by atoms with Gasteiger partial charge >= 0.3 is 11.9 Å². The molecule has 0 amide bonds. The summed E-state index contributed by atoms with van der Waals surface area (Å²) in [6.45, 7) is 8.68. The van der Waals surface area contributed by atoms with E-state index in [1.165, 1.54) is 44.2 Å². The SMILES string of the molecule is CCOC(=O)C1=C(C)N=c2s/c(=C/c3cc(OC)c(OC(C)=O)c(OC)c3)c(=O)n2[C@H]1c1ccc(OC(C)C)c(OC)c1. The molecule has 43 heavy (non-hydrogen) atoms. The second kappa shape index (κ2) is 13.2. The second-order valence-electron chi connectivity index (χ2n) is 9.73. The second-order valence-corrected chi connectivity index (χ2v) is 10.7. The Hall–Kier alpha value is -4.58. The molecule has 11 nitrogen and oxygen atoms in total. The van der Waals surface area contributed by atoms with Gasteiger partial charge in [0.15, 0.2) is 27.8 Å². The molecule has 0 saturated carbocycles. The summed E-state index contributed by atoms with van der Waals surface area (Å²) >= 11 is 1.17. The lowest BCUT2D eigenvalue weighted by Gasteiger charge is -2.25. The van der Waals surface area contributed by atoms with Crippen molar-refractivity contribution in [2.75, 3.05) is 27.9 Å². The molecule has 2 aromatic carbocycles. The first-order valence-corrected chi connectivity index (χ1v) is 14.3. The molecule has 0 spiro atoms. The highest BCUT2D eigenvalue weighted by molar-refractivity contribution is 7.07.